The molecule has 2 atom stereocenters. The van der Waals surface area contributed by atoms with Crippen molar-refractivity contribution < 1.29 is 0 Å². The summed E-state index contributed by atoms with van der Waals surface area (Å²) in [4.78, 5) is 9.87. The molecule has 0 aromatic rings. The number of guanidine groups is 1. The van der Waals surface area contributed by atoms with Gasteiger partial charge in [0, 0.05) is 51.4 Å². The van der Waals surface area contributed by atoms with Gasteiger partial charge in [-0.2, -0.15) is 0 Å². The van der Waals surface area contributed by atoms with E-state index in [1.54, 1.807) is 0 Å². The van der Waals surface area contributed by atoms with Crippen molar-refractivity contribution in [3.63, 3.8) is 0 Å². The summed E-state index contributed by atoms with van der Waals surface area (Å²) in [6.45, 7) is 6.13. The Hall–Kier alpha value is -0.810. The molecule has 0 spiro atoms. The molecular weight excluding hydrogens is 298 g/mol. The molecule has 24 heavy (non-hydrogen) atoms. The number of nitrogens with zero attached hydrogens (tertiary/aromatic N) is 3. The molecule has 4 aliphatic rings. The van der Waals surface area contributed by atoms with E-state index in [2.05, 4.69) is 25.4 Å². The third-order valence-electron chi connectivity index (χ3n) is 6.56. The van der Waals surface area contributed by atoms with Gasteiger partial charge in [0.25, 0.3) is 0 Å². The second-order valence-corrected chi connectivity index (χ2v) is 8.40. The first-order chi connectivity index (χ1) is 11.8. The number of aliphatic imine (C=N–C) groups is 1. The molecule has 2 saturated heterocycles. The Morgan fingerprint density at radius 3 is 2.38 bits per heavy atom. The van der Waals surface area contributed by atoms with Gasteiger partial charge in [0.1, 0.15) is 0 Å². The average Bonchev–Trinajstić information content (AvgIpc) is 3.02. The maximum Gasteiger partial charge on any atom is 0.191 e. The zero-order valence-corrected chi connectivity index (χ0v) is 15.3. The van der Waals surface area contributed by atoms with E-state index in [1.165, 1.54) is 77.5 Å². The first kappa shape index (κ1) is 16.6. The van der Waals surface area contributed by atoms with E-state index < -0.39 is 0 Å². The Morgan fingerprint density at radius 2 is 1.62 bits per heavy atom. The van der Waals surface area contributed by atoms with E-state index >= 15 is 0 Å². The lowest BCUT2D eigenvalue weighted by Crippen LogP contribution is -2.46. The SMILES string of the molecule is CN=C(NCC1CCN(C2CC2)C1)NC1CCN(C2CCCC2)C1. The van der Waals surface area contributed by atoms with Crippen molar-refractivity contribution in [2.75, 3.05) is 39.8 Å². The van der Waals surface area contributed by atoms with Crippen molar-refractivity contribution in [3.05, 3.63) is 0 Å². The highest BCUT2D eigenvalue weighted by molar-refractivity contribution is 5.80. The molecule has 2 saturated carbocycles. The number of hydrogen-bond donors (Lipinski definition) is 2. The number of nitrogens with one attached hydrogen (secondary N) is 2. The minimum Gasteiger partial charge on any atom is -0.356 e. The molecule has 2 heterocycles. The topological polar surface area (TPSA) is 42.9 Å². The van der Waals surface area contributed by atoms with E-state index in [1.807, 2.05) is 7.05 Å². The van der Waals surface area contributed by atoms with Crippen LogP contribution < -0.4 is 10.6 Å². The summed E-state index contributed by atoms with van der Waals surface area (Å²) in [7, 11) is 1.91. The lowest BCUT2D eigenvalue weighted by atomic mass is 10.1. The normalized spacial score (nSPS) is 33.5. The maximum atomic E-state index is 4.46. The van der Waals surface area contributed by atoms with Crippen LogP contribution in [0.2, 0.25) is 0 Å². The second-order valence-electron chi connectivity index (χ2n) is 8.40. The van der Waals surface area contributed by atoms with E-state index in [0.717, 1.165) is 30.5 Å². The van der Waals surface area contributed by atoms with Crippen LogP contribution in [0.5, 0.6) is 0 Å². The van der Waals surface area contributed by atoms with Crippen LogP contribution >= 0.6 is 0 Å². The van der Waals surface area contributed by atoms with Gasteiger partial charge in [0.05, 0.1) is 0 Å². The van der Waals surface area contributed by atoms with Gasteiger partial charge in [-0.3, -0.25) is 9.89 Å². The van der Waals surface area contributed by atoms with Crippen molar-refractivity contribution in [1.82, 2.24) is 20.4 Å². The molecule has 4 fully saturated rings. The maximum absolute atomic E-state index is 4.46. The molecule has 2 N–H and O–H groups in total. The summed E-state index contributed by atoms with van der Waals surface area (Å²) in [6.07, 6.45) is 11.2. The van der Waals surface area contributed by atoms with Crippen molar-refractivity contribution in [3.8, 4) is 0 Å². The molecule has 136 valence electrons. The minimum absolute atomic E-state index is 0.573. The van der Waals surface area contributed by atoms with Crippen LogP contribution in [-0.4, -0.2) is 73.7 Å². The summed E-state index contributed by atoms with van der Waals surface area (Å²) in [5.74, 6) is 1.81. The van der Waals surface area contributed by atoms with Gasteiger partial charge in [-0.25, -0.2) is 0 Å². The fourth-order valence-electron chi connectivity index (χ4n) is 4.94. The highest BCUT2D eigenvalue weighted by Crippen LogP contribution is 2.31. The van der Waals surface area contributed by atoms with E-state index in [4.69, 9.17) is 0 Å². The molecule has 2 aliphatic carbocycles. The summed E-state index contributed by atoms with van der Waals surface area (Å²) < 4.78 is 0. The highest BCUT2D eigenvalue weighted by atomic mass is 15.3. The van der Waals surface area contributed by atoms with Gasteiger partial charge in [0.15, 0.2) is 5.96 Å². The van der Waals surface area contributed by atoms with Gasteiger partial charge in [-0.05, 0) is 51.0 Å². The zero-order chi connectivity index (χ0) is 16.4. The van der Waals surface area contributed by atoms with Gasteiger partial charge >= 0.3 is 0 Å². The van der Waals surface area contributed by atoms with Crippen molar-refractivity contribution >= 4 is 5.96 Å². The lowest BCUT2D eigenvalue weighted by molar-refractivity contribution is 0.242. The van der Waals surface area contributed by atoms with Gasteiger partial charge in [-0.15, -0.1) is 0 Å². The van der Waals surface area contributed by atoms with Crippen LogP contribution in [0, 0.1) is 5.92 Å². The molecule has 5 nitrogen and oxygen atoms in total. The molecule has 0 amide bonds. The summed E-state index contributed by atoms with van der Waals surface area (Å²) in [5, 5.41) is 7.27. The molecule has 4 rings (SSSR count). The fourth-order valence-corrected chi connectivity index (χ4v) is 4.94. The van der Waals surface area contributed by atoms with Crippen molar-refractivity contribution in [1.29, 1.82) is 0 Å². The van der Waals surface area contributed by atoms with Crippen LogP contribution in [0.3, 0.4) is 0 Å². The summed E-state index contributed by atoms with van der Waals surface area (Å²) in [5.41, 5.74) is 0. The monoisotopic (exact) mass is 333 g/mol. The van der Waals surface area contributed by atoms with Crippen LogP contribution in [0.1, 0.15) is 51.4 Å². The van der Waals surface area contributed by atoms with Gasteiger partial charge in [0.2, 0.25) is 0 Å². The largest absolute Gasteiger partial charge is 0.356 e. The quantitative estimate of drug-likeness (QED) is 0.593. The molecule has 0 aromatic carbocycles. The summed E-state index contributed by atoms with van der Waals surface area (Å²) >= 11 is 0. The van der Waals surface area contributed by atoms with Gasteiger partial charge in [-0.1, -0.05) is 12.8 Å². The van der Waals surface area contributed by atoms with Crippen molar-refractivity contribution in [2.24, 2.45) is 10.9 Å². The lowest BCUT2D eigenvalue weighted by Gasteiger charge is -2.24. The molecule has 0 aromatic heterocycles. The third-order valence-corrected chi connectivity index (χ3v) is 6.56. The first-order valence-corrected chi connectivity index (χ1v) is 10.3. The first-order valence-electron chi connectivity index (χ1n) is 10.3. The predicted octanol–water partition coefficient (Wildman–Crippen LogP) is 1.65. The summed E-state index contributed by atoms with van der Waals surface area (Å²) in [6, 6.07) is 2.36. The van der Waals surface area contributed by atoms with E-state index in [-0.39, 0.29) is 0 Å². The Kier molecular flexibility index (Phi) is 5.28. The van der Waals surface area contributed by atoms with Crippen LogP contribution in [0.15, 0.2) is 4.99 Å². The van der Waals surface area contributed by atoms with Crippen LogP contribution in [-0.2, 0) is 0 Å². The number of hydrogen-bond acceptors (Lipinski definition) is 3. The smallest absolute Gasteiger partial charge is 0.191 e. The van der Waals surface area contributed by atoms with Crippen LogP contribution in [0.25, 0.3) is 0 Å². The van der Waals surface area contributed by atoms with Crippen LogP contribution in [0.4, 0.5) is 0 Å². The number of likely N-dealkylation sites (tertiary alicyclic amines) is 2. The van der Waals surface area contributed by atoms with Gasteiger partial charge < -0.3 is 15.5 Å². The molecule has 2 unspecified atom stereocenters. The Morgan fingerprint density at radius 1 is 0.917 bits per heavy atom. The minimum atomic E-state index is 0.573. The third kappa shape index (κ3) is 4.05. The second kappa shape index (κ2) is 7.61. The Balaban J connectivity index is 1.18. The zero-order valence-electron chi connectivity index (χ0n) is 15.3. The highest BCUT2D eigenvalue weighted by Gasteiger charge is 2.34. The molecule has 0 bridgehead atoms. The van der Waals surface area contributed by atoms with Crippen molar-refractivity contribution in [2.45, 2.75) is 69.5 Å². The predicted molar refractivity (Wildman–Crippen MR) is 99.4 cm³/mol. The van der Waals surface area contributed by atoms with E-state index in [9.17, 15) is 0 Å². The Bertz CT molecular complexity index is 441. The molecule has 5 heteroatoms. The molecular formula is C19H35N5. The number of rotatable bonds is 5. The average molecular weight is 334 g/mol. The van der Waals surface area contributed by atoms with E-state index in [0.29, 0.717) is 6.04 Å². The molecule has 0 radical (unpaired) electrons. The fraction of sp³-hybridized carbons (Fsp3) is 0.947. The Labute approximate surface area is 147 Å². The standard InChI is InChI=1S/C19H35N5/c1-20-19(21-12-15-8-10-23(13-15)18-6-7-18)22-16-9-11-24(14-16)17-4-2-3-5-17/h15-18H,2-14H2,1H3,(H2,20,21,22). The molecule has 2 aliphatic heterocycles.